The third-order valence-electron chi connectivity index (χ3n) is 4.39. The minimum atomic E-state index is 0.570. The molecule has 7 nitrogen and oxygen atoms in total. The van der Waals surface area contributed by atoms with Crippen LogP contribution in [0.4, 0.5) is 0 Å². The second kappa shape index (κ2) is 13.3. The molecular weight excluding hydrogens is 344 g/mol. The van der Waals surface area contributed by atoms with Crippen molar-refractivity contribution in [3.05, 3.63) is 23.9 Å². The lowest BCUT2D eigenvalue weighted by molar-refractivity contribution is 0.0888. The lowest BCUT2D eigenvalue weighted by atomic mass is 10.1. The third kappa shape index (κ3) is 8.58. The zero-order valence-corrected chi connectivity index (χ0v) is 16.7. The molecule has 2 N–H and O–H groups in total. The molecule has 0 amide bonds. The van der Waals surface area contributed by atoms with Crippen LogP contribution in [0.3, 0.4) is 0 Å². The maximum Gasteiger partial charge on any atom is 0.218 e. The average molecular weight is 379 g/mol. The van der Waals surface area contributed by atoms with Gasteiger partial charge in [-0.2, -0.15) is 0 Å². The molecule has 0 saturated carbocycles. The number of guanidine groups is 1. The first-order valence-corrected chi connectivity index (χ1v) is 10.00. The van der Waals surface area contributed by atoms with Gasteiger partial charge in [-0.25, -0.2) is 4.98 Å². The number of hydrogen-bond acceptors (Lipinski definition) is 5. The normalized spacial score (nSPS) is 17.1. The predicted molar refractivity (Wildman–Crippen MR) is 107 cm³/mol. The monoisotopic (exact) mass is 378 g/mol. The molecule has 0 aliphatic carbocycles. The Morgan fingerprint density at radius 2 is 2.26 bits per heavy atom. The van der Waals surface area contributed by atoms with E-state index in [4.69, 9.17) is 14.2 Å². The van der Waals surface area contributed by atoms with Crippen LogP contribution in [-0.4, -0.2) is 57.6 Å². The Morgan fingerprint density at radius 3 is 3.04 bits per heavy atom. The van der Waals surface area contributed by atoms with Crippen LogP contribution >= 0.6 is 0 Å². The van der Waals surface area contributed by atoms with Crippen molar-refractivity contribution in [2.75, 3.05) is 46.6 Å². The van der Waals surface area contributed by atoms with E-state index in [0.717, 1.165) is 70.2 Å². The molecule has 1 unspecified atom stereocenters. The lowest BCUT2D eigenvalue weighted by Crippen LogP contribution is -2.37. The number of hydrogen-bond donors (Lipinski definition) is 2. The summed E-state index contributed by atoms with van der Waals surface area (Å²) in [7, 11) is 1.77. The number of nitrogens with zero attached hydrogens (tertiary/aromatic N) is 2. The van der Waals surface area contributed by atoms with Gasteiger partial charge in [0.15, 0.2) is 5.96 Å². The highest BCUT2D eigenvalue weighted by Gasteiger charge is 2.15. The molecule has 152 valence electrons. The molecule has 7 heteroatoms. The van der Waals surface area contributed by atoms with Crippen molar-refractivity contribution >= 4 is 5.96 Å². The smallest absolute Gasteiger partial charge is 0.218 e. The molecule has 2 heterocycles. The van der Waals surface area contributed by atoms with E-state index in [1.807, 2.05) is 12.1 Å². The van der Waals surface area contributed by atoms with Crippen molar-refractivity contribution in [1.29, 1.82) is 0 Å². The third-order valence-corrected chi connectivity index (χ3v) is 4.39. The van der Waals surface area contributed by atoms with Gasteiger partial charge in [-0.15, -0.1) is 0 Å². The van der Waals surface area contributed by atoms with Crippen molar-refractivity contribution in [2.45, 2.75) is 39.2 Å². The highest BCUT2D eigenvalue weighted by molar-refractivity contribution is 5.79. The fourth-order valence-corrected chi connectivity index (χ4v) is 2.75. The Hall–Kier alpha value is -1.86. The van der Waals surface area contributed by atoms with E-state index in [0.29, 0.717) is 24.9 Å². The fraction of sp³-hybridized carbons (Fsp3) is 0.700. The highest BCUT2D eigenvalue weighted by atomic mass is 16.5. The molecule has 1 aromatic rings. The van der Waals surface area contributed by atoms with Gasteiger partial charge in [-0.1, -0.05) is 19.4 Å². The molecule has 1 fully saturated rings. The topological polar surface area (TPSA) is 77.0 Å². The summed E-state index contributed by atoms with van der Waals surface area (Å²) in [6, 6.07) is 3.95. The van der Waals surface area contributed by atoms with Gasteiger partial charge in [-0.3, -0.25) is 4.99 Å². The van der Waals surface area contributed by atoms with Gasteiger partial charge in [0.2, 0.25) is 5.88 Å². The standard InChI is InChI=1S/C20H34N4O3/c1-3-4-12-27-19-18(7-5-9-22-19)14-24-20(21-2)23-10-6-11-25-15-17-8-13-26-16-17/h5,7,9,17H,3-4,6,8,10-16H2,1-2H3,(H2,21,23,24). The maximum atomic E-state index is 5.77. The van der Waals surface area contributed by atoms with Crippen LogP contribution in [0.5, 0.6) is 5.88 Å². The minimum Gasteiger partial charge on any atom is -0.477 e. The summed E-state index contributed by atoms with van der Waals surface area (Å²) in [5.41, 5.74) is 1.03. The summed E-state index contributed by atoms with van der Waals surface area (Å²) in [6.45, 7) is 7.54. The first kappa shape index (κ1) is 21.4. The van der Waals surface area contributed by atoms with Gasteiger partial charge in [0, 0.05) is 51.0 Å². The fourth-order valence-electron chi connectivity index (χ4n) is 2.75. The summed E-state index contributed by atoms with van der Waals surface area (Å²) >= 11 is 0. The summed E-state index contributed by atoms with van der Waals surface area (Å²) in [6.07, 6.45) is 5.95. The second-order valence-electron chi connectivity index (χ2n) is 6.68. The van der Waals surface area contributed by atoms with Crippen LogP contribution in [0, 0.1) is 5.92 Å². The first-order valence-electron chi connectivity index (χ1n) is 10.00. The molecule has 2 rings (SSSR count). The van der Waals surface area contributed by atoms with Gasteiger partial charge < -0.3 is 24.8 Å². The first-order chi connectivity index (χ1) is 13.3. The summed E-state index contributed by atoms with van der Waals surface area (Å²) in [5, 5.41) is 6.63. The van der Waals surface area contributed by atoms with Crippen LogP contribution in [0.25, 0.3) is 0 Å². The van der Waals surface area contributed by atoms with Crippen LogP contribution in [-0.2, 0) is 16.0 Å². The number of aliphatic imine (C=N–C) groups is 1. The van der Waals surface area contributed by atoms with Gasteiger partial charge in [0.25, 0.3) is 0 Å². The molecule has 0 spiro atoms. The quantitative estimate of drug-likeness (QED) is 0.330. The number of aromatic nitrogens is 1. The van der Waals surface area contributed by atoms with Crippen LogP contribution < -0.4 is 15.4 Å². The maximum absolute atomic E-state index is 5.77. The number of ether oxygens (including phenoxy) is 3. The molecule has 0 bridgehead atoms. The Balaban J connectivity index is 1.62. The van der Waals surface area contributed by atoms with E-state index in [2.05, 4.69) is 27.5 Å². The molecule has 1 aromatic heterocycles. The Morgan fingerprint density at radius 1 is 1.33 bits per heavy atom. The molecule has 1 aliphatic heterocycles. The van der Waals surface area contributed by atoms with Crippen molar-refractivity contribution in [3.63, 3.8) is 0 Å². The van der Waals surface area contributed by atoms with Gasteiger partial charge in [0.05, 0.1) is 19.8 Å². The molecule has 1 atom stereocenters. The molecular formula is C20H34N4O3. The number of nitrogens with one attached hydrogen (secondary N) is 2. The summed E-state index contributed by atoms with van der Waals surface area (Å²) in [5.74, 6) is 2.03. The van der Waals surface area contributed by atoms with E-state index in [-0.39, 0.29) is 0 Å². The van der Waals surface area contributed by atoms with Crippen molar-refractivity contribution in [2.24, 2.45) is 10.9 Å². The van der Waals surface area contributed by atoms with Crippen LogP contribution in [0.15, 0.2) is 23.3 Å². The van der Waals surface area contributed by atoms with Gasteiger partial charge >= 0.3 is 0 Å². The molecule has 27 heavy (non-hydrogen) atoms. The van der Waals surface area contributed by atoms with E-state index in [1.165, 1.54) is 0 Å². The van der Waals surface area contributed by atoms with Crippen molar-refractivity contribution in [1.82, 2.24) is 15.6 Å². The van der Waals surface area contributed by atoms with E-state index in [1.54, 1.807) is 13.2 Å². The Kier molecular flexibility index (Phi) is 10.6. The summed E-state index contributed by atoms with van der Waals surface area (Å²) < 4.78 is 16.8. The predicted octanol–water partition coefficient (Wildman–Crippen LogP) is 2.37. The van der Waals surface area contributed by atoms with Crippen LogP contribution in [0.2, 0.25) is 0 Å². The Labute approximate surface area is 162 Å². The average Bonchev–Trinajstić information content (AvgIpc) is 3.21. The number of pyridine rings is 1. The van der Waals surface area contributed by atoms with Crippen molar-refractivity contribution < 1.29 is 14.2 Å². The highest BCUT2D eigenvalue weighted by Crippen LogP contribution is 2.14. The zero-order chi connectivity index (χ0) is 19.2. The molecule has 0 aromatic carbocycles. The zero-order valence-electron chi connectivity index (χ0n) is 16.7. The van der Waals surface area contributed by atoms with Gasteiger partial charge in [0.1, 0.15) is 0 Å². The molecule has 1 saturated heterocycles. The number of unbranched alkanes of at least 4 members (excludes halogenated alkanes) is 1. The van der Waals surface area contributed by atoms with Gasteiger partial charge in [-0.05, 0) is 25.3 Å². The molecule has 1 aliphatic rings. The Bertz CT molecular complexity index is 548. The van der Waals surface area contributed by atoms with E-state index >= 15 is 0 Å². The van der Waals surface area contributed by atoms with E-state index in [9.17, 15) is 0 Å². The summed E-state index contributed by atoms with van der Waals surface area (Å²) in [4.78, 5) is 8.60. The van der Waals surface area contributed by atoms with Crippen molar-refractivity contribution in [3.8, 4) is 5.88 Å². The SMILES string of the molecule is CCCCOc1ncccc1CNC(=NC)NCCCOCC1CCOC1. The lowest BCUT2D eigenvalue weighted by Gasteiger charge is -2.14. The molecule has 0 radical (unpaired) electrons. The van der Waals surface area contributed by atoms with Crippen LogP contribution in [0.1, 0.15) is 38.2 Å². The second-order valence-corrected chi connectivity index (χ2v) is 6.68. The van der Waals surface area contributed by atoms with E-state index < -0.39 is 0 Å². The largest absolute Gasteiger partial charge is 0.477 e. The number of rotatable bonds is 12. The minimum absolute atomic E-state index is 0.570.